The molecule has 0 heterocycles. The lowest BCUT2D eigenvalue weighted by atomic mass is 10.9. The first-order valence-corrected chi connectivity index (χ1v) is 4.67. The molecule has 0 fully saturated rings. The molecule has 0 saturated carbocycles. The van der Waals surface area contributed by atoms with Gasteiger partial charge in [-0.2, -0.15) is 0 Å². The van der Waals surface area contributed by atoms with Crippen LogP contribution in [0.15, 0.2) is 0 Å². The molecule has 2 nitrogen and oxygen atoms in total. The maximum absolute atomic E-state index is 5.45. The van der Waals surface area contributed by atoms with Crippen molar-refractivity contribution in [3.8, 4) is 0 Å². The normalized spacial score (nSPS) is 18.7. The van der Waals surface area contributed by atoms with Gasteiger partial charge in [-0.15, -0.1) is 0 Å². The lowest BCUT2D eigenvalue weighted by Crippen LogP contribution is -2.12. The molecule has 9 heavy (non-hydrogen) atoms. The highest BCUT2D eigenvalue weighted by molar-refractivity contribution is 6.26. The summed E-state index contributed by atoms with van der Waals surface area (Å²) in [5, 5.41) is 0. The zero-order valence-electron chi connectivity index (χ0n) is 5.43. The Bertz CT molecular complexity index is 61.6. The van der Waals surface area contributed by atoms with E-state index in [1.54, 1.807) is 13.8 Å². The smallest absolute Gasteiger partial charge is 0.306 e. The van der Waals surface area contributed by atoms with Gasteiger partial charge in [-0.3, -0.25) is 0 Å². The fourth-order valence-corrected chi connectivity index (χ4v) is 0.989. The van der Waals surface area contributed by atoms with Crippen LogP contribution in [0.2, 0.25) is 0 Å². The molecule has 0 rings (SSSR count). The average Bonchev–Trinajstić information content (AvgIpc) is 1.63. The first-order valence-electron chi connectivity index (χ1n) is 2.64. The second kappa shape index (κ2) is 5.50. The van der Waals surface area contributed by atoms with E-state index in [1.807, 2.05) is 0 Å². The minimum Gasteiger partial charge on any atom is -0.382 e. The maximum atomic E-state index is 5.45. The Morgan fingerprint density at radius 3 is 1.67 bits per heavy atom. The van der Waals surface area contributed by atoms with E-state index in [0.29, 0.717) is 0 Å². The number of alkyl halides is 2. The van der Waals surface area contributed by atoms with Crippen LogP contribution in [0.25, 0.3) is 0 Å². The molecule has 0 aliphatic carbocycles. The predicted octanol–water partition coefficient (Wildman–Crippen LogP) is 1.19. The van der Waals surface area contributed by atoms with Crippen LogP contribution >= 0.6 is 23.2 Å². The number of rotatable bonds is 4. The molecule has 0 spiro atoms. The van der Waals surface area contributed by atoms with Crippen molar-refractivity contribution in [1.82, 2.24) is 0 Å². The molecule has 0 aromatic rings. The molecule has 5 heteroatoms. The minimum atomic E-state index is -0.948. The molecule has 2 atom stereocenters. The Morgan fingerprint density at radius 1 is 1.11 bits per heavy atom. The van der Waals surface area contributed by atoms with Gasteiger partial charge in [0.15, 0.2) is 0 Å². The van der Waals surface area contributed by atoms with Crippen LogP contribution in [0.3, 0.4) is 0 Å². The predicted molar refractivity (Wildman–Crippen MR) is 41.3 cm³/mol. The third-order valence-electron chi connectivity index (χ3n) is 0.595. The third-order valence-corrected chi connectivity index (χ3v) is 2.54. The van der Waals surface area contributed by atoms with Crippen molar-refractivity contribution in [2.24, 2.45) is 0 Å². The Hall–Kier alpha value is 0.717. The van der Waals surface area contributed by atoms with Crippen LogP contribution in [0.5, 0.6) is 0 Å². The highest BCUT2D eigenvalue weighted by Gasteiger charge is 1.98. The molecule has 0 aliphatic rings. The largest absolute Gasteiger partial charge is 0.382 e. The zero-order valence-corrected chi connectivity index (χ0v) is 8.36. The molecule has 0 aromatic carbocycles. The average molecular weight is 189 g/mol. The standard InChI is InChI=1S/C4H10Cl2O2Si/c1-3(5)7-9-8-4(2)6/h3-4H,9H2,1-2H3. The quantitative estimate of drug-likeness (QED) is 0.488. The van der Waals surface area contributed by atoms with Crippen molar-refractivity contribution in [2.75, 3.05) is 0 Å². The van der Waals surface area contributed by atoms with E-state index in [9.17, 15) is 0 Å². The van der Waals surface area contributed by atoms with E-state index >= 15 is 0 Å². The van der Waals surface area contributed by atoms with Gasteiger partial charge in [-0.1, -0.05) is 23.2 Å². The fourth-order valence-electron chi connectivity index (χ4n) is 0.227. The van der Waals surface area contributed by atoms with Gasteiger partial charge in [-0.25, -0.2) is 0 Å². The minimum absolute atomic E-state index is 0.257. The number of halogens is 2. The first kappa shape index (κ1) is 9.72. The second-order valence-electron chi connectivity index (χ2n) is 1.54. The van der Waals surface area contributed by atoms with Gasteiger partial charge in [0.25, 0.3) is 0 Å². The maximum Gasteiger partial charge on any atom is 0.306 e. The topological polar surface area (TPSA) is 18.5 Å². The van der Waals surface area contributed by atoms with E-state index in [2.05, 4.69) is 0 Å². The molecule has 56 valence electrons. The molecular weight excluding hydrogens is 179 g/mol. The van der Waals surface area contributed by atoms with Crippen LogP contribution in [-0.4, -0.2) is 21.1 Å². The van der Waals surface area contributed by atoms with Crippen LogP contribution in [-0.2, 0) is 8.85 Å². The van der Waals surface area contributed by atoms with E-state index in [-0.39, 0.29) is 11.1 Å². The van der Waals surface area contributed by atoms with Gasteiger partial charge in [0.1, 0.15) is 11.1 Å². The molecule has 0 saturated heterocycles. The highest BCUT2D eigenvalue weighted by Crippen LogP contribution is 1.97. The van der Waals surface area contributed by atoms with E-state index < -0.39 is 10.0 Å². The summed E-state index contributed by atoms with van der Waals surface area (Å²) >= 11 is 10.9. The van der Waals surface area contributed by atoms with Gasteiger partial charge in [0.05, 0.1) is 0 Å². The van der Waals surface area contributed by atoms with Crippen molar-refractivity contribution >= 4 is 33.2 Å². The third kappa shape index (κ3) is 8.72. The summed E-state index contributed by atoms with van der Waals surface area (Å²) in [5.74, 6) is 0. The Morgan fingerprint density at radius 2 is 1.44 bits per heavy atom. The molecule has 0 radical (unpaired) electrons. The molecule has 0 N–H and O–H groups in total. The molecule has 0 aliphatic heterocycles. The SMILES string of the molecule is CC(Cl)O[SiH2]OC(C)Cl. The van der Waals surface area contributed by atoms with Crippen molar-refractivity contribution < 1.29 is 8.85 Å². The van der Waals surface area contributed by atoms with Crippen molar-refractivity contribution in [1.29, 1.82) is 0 Å². The number of hydrogen-bond acceptors (Lipinski definition) is 2. The molecule has 0 amide bonds. The Balaban J connectivity index is 2.91. The van der Waals surface area contributed by atoms with Crippen LogP contribution in [0.1, 0.15) is 13.8 Å². The summed E-state index contributed by atoms with van der Waals surface area (Å²) in [5.41, 5.74) is -0.515. The monoisotopic (exact) mass is 188 g/mol. The highest BCUT2D eigenvalue weighted by atomic mass is 35.5. The summed E-state index contributed by atoms with van der Waals surface area (Å²) in [4.78, 5) is 0. The first-order chi connectivity index (χ1) is 4.13. The van der Waals surface area contributed by atoms with Gasteiger partial charge in [0, 0.05) is 0 Å². The van der Waals surface area contributed by atoms with Crippen molar-refractivity contribution in [3.05, 3.63) is 0 Å². The van der Waals surface area contributed by atoms with Gasteiger partial charge in [-0.05, 0) is 13.8 Å². The summed E-state index contributed by atoms with van der Waals surface area (Å²) < 4.78 is 9.90. The van der Waals surface area contributed by atoms with Crippen molar-refractivity contribution in [3.63, 3.8) is 0 Å². The van der Waals surface area contributed by atoms with Gasteiger partial charge >= 0.3 is 10.0 Å². The Kier molecular flexibility index (Phi) is 5.94. The lowest BCUT2D eigenvalue weighted by Gasteiger charge is -2.07. The number of hydrogen-bond donors (Lipinski definition) is 0. The van der Waals surface area contributed by atoms with E-state index in [1.165, 1.54) is 0 Å². The summed E-state index contributed by atoms with van der Waals surface area (Å²) in [6.45, 7) is 3.49. The Labute approximate surface area is 67.5 Å². The van der Waals surface area contributed by atoms with E-state index in [4.69, 9.17) is 32.1 Å². The lowest BCUT2D eigenvalue weighted by molar-refractivity contribution is 0.204. The van der Waals surface area contributed by atoms with Gasteiger partial charge < -0.3 is 8.85 Å². The second-order valence-corrected chi connectivity index (χ2v) is 3.67. The molecule has 0 aromatic heterocycles. The molecule has 0 bridgehead atoms. The van der Waals surface area contributed by atoms with Crippen LogP contribution < -0.4 is 0 Å². The summed E-state index contributed by atoms with van der Waals surface area (Å²) in [7, 11) is -0.948. The fraction of sp³-hybridized carbons (Fsp3) is 1.00. The van der Waals surface area contributed by atoms with Gasteiger partial charge in [0.2, 0.25) is 0 Å². The molecule has 2 unspecified atom stereocenters. The zero-order chi connectivity index (χ0) is 7.28. The summed E-state index contributed by atoms with van der Waals surface area (Å²) in [6.07, 6.45) is 0. The van der Waals surface area contributed by atoms with Crippen LogP contribution in [0, 0.1) is 0 Å². The summed E-state index contributed by atoms with van der Waals surface area (Å²) in [6, 6.07) is 0. The van der Waals surface area contributed by atoms with Crippen LogP contribution in [0.4, 0.5) is 0 Å². The molecular formula is C4H10Cl2O2Si. The van der Waals surface area contributed by atoms with Crippen molar-refractivity contribution in [2.45, 2.75) is 25.0 Å². The van der Waals surface area contributed by atoms with E-state index in [0.717, 1.165) is 0 Å².